The molecule has 1 N–H and O–H groups in total. The number of aryl methyl sites for hydroxylation is 2. The predicted molar refractivity (Wildman–Crippen MR) is 127 cm³/mol. The Morgan fingerprint density at radius 3 is 2.73 bits per heavy atom. The van der Waals surface area contributed by atoms with Crippen LogP contribution in [0.5, 0.6) is 5.75 Å². The number of carbonyl (C=O) groups is 1. The lowest BCUT2D eigenvalue weighted by Gasteiger charge is -2.10. The summed E-state index contributed by atoms with van der Waals surface area (Å²) >= 11 is 1.32. The van der Waals surface area contributed by atoms with Crippen LogP contribution in [-0.2, 0) is 11.4 Å². The van der Waals surface area contributed by atoms with Crippen LogP contribution >= 0.6 is 11.8 Å². The average molecular weight is 463 g/mol. The van der Waals surface area contributed by atoms with E-state index in [4.69, 9.17) is 4.74 Å². The Hall–Kier alpha value is -3.65. The van der Waals surface area contributed by atoms with Crippen LogP contribution in [0.25, 0.3) is 5.69 Å². The van der Waals surface area contributed by atoms with E-state index in [1.165, 1.54) is 35.0 Å². The van der Waals surface area contributed by atoms with E-state index >= 15 is 0 Å². The van der Waals surface area contributed by atoms with Gasteiger partial charge in [-0.15, -0.1) is 10.2 Å². The van der Waals surface area contributed by atoms with Crippen molar-refractivity contribution in [2.75, 3.05) is 11.1 Å². The van der Waals surface area contributed by atoms with Gasteiger partial charge >= 0.3 is 0 Å². The number of ether oxygens (including phenoxy) is 1. The van der Waals surface area contributed by atoms with Crippen LogP contribution in [0.1, 0.15) is 16.7 Å². The molecular formula is C25H23FN4O2S. The number of amides is 1. The highest BCUT2D eigenvalue weighted by atomic mass is 32.2. The third-order valence-electron chi connectivity index (χ3n) is 5.03. The molecule has 4 rings (SSSR count). The number of thioether (sulfide) groups is 1. The summed E-state index contributed by atoms with van der Waals surface area (Å²) < 4.78 is 20.8. The summed E-state index contributed by atoms with van der Waals surface area (Å²) in [5.41, 5.74) is 4.87. The van der Waals surface area contributed by atoms with Crippen LogP contribution in [0.15, 0.2) is 78.2 Å². The number of nitrogens with zero attached hydrogens (tertiary/aromatic N) is 3. The molecule has 0 fully saturated rings. The molecule has 1 amide bonds. The lowest BCUT2D eigenvalue weighted by molar-refractivity contribution is -0.113. The fraction of sp³-hybridized carbons (Fsp3) is 0.160. The van der Waals surface area contributed by atoms with E-state index in [1.807, 2.05) is 34.9 Å². The van der Waals surface area contributed by atoms with Gasteiger partial charge in [0.1, 0.15) is 24.5 Å². The van der Waals surface area contributed by atoms with Crippen molar-refractivity contribution in [2.24, 2.45) is 0 Å². The van der Waals surface area contributed by atoms with Gasteiger partial charge in [0.15, 0.2) is 5.16 Å². The number of carbonyl (C=O) groups excluding carboxylic acids is 1. The second-order valence-corrected chi connectivity index (χ2v) is 8.48. The van der Waals surface area contributed by atoms with E-state index in [9.17, 15) is 9.18 Å². The first-order valence-electron chi connectivity index (χ1n) is 10.4. The highest BCUT2D eigenvalue weighted by Gasteiger charge is 2.11. The average Bonchev–Trinajstić information content (AvgIpc) is 3.27. The van der Waals surface area contributed by atoms with Crippen molar-refractivity contribution in [3.8, 4) is 11.4 Å². The Bertz CT molecular complexity index is 1270. The maximum Gasteiger partial charge on any atom is 0.234 e. The van der Waals surface area contributed by atoms with Crippen molar-refractivity contribution in [1.29, 1.82) is 0 Å². The summed E-state index contributed by atoms with van der Waals surface area (Å²) in [7, 11) is 0. The van der Waals surface area contributed by atoms with Crippen molar-refractivity contribution in [1.82, 2.24) is 14.8 Å². The molecule has 0 aliphatic heterocycles. The van der Waals surface area contributed by atoms with E-state index in [-0.39, 0.29) is 24.1 Å². The Morgan fingerprint density at radius 2 is 1.91 bits per heavy atom. The molecule has 0 aliphatic rings. The summed E-state index contributed by atoms with van der Waals surface area (Å²) in [5, 5.41) is 11.7. The SMILES string of the molecule is Cc1ccc(-n2cnnc2SCC(=O)Nc2cccc(COc3cccc(F)c3)c2)cc1C. The first-order chi connectivity index (χ1) is 16.0. The summed E-state index contributed by atoms with van der Waals surface area (Å²) in [6.45, 7) is 4.38. The minimum absolute atomic E-state index is 0.155. The highest BCUT2D eigenvalue weighted by molar-refractivity contribution is 7.99. The Morgan fingerprint density at radius 1 is 1.06 bits per heavy atom. The van der Waals surface area contributed by atoms with Crippen LogP contribution < -0.4 is 10.1 Å². The number of rotatable bonds is 8. The molecular weight excluding hydrogens is 439 g/mol. The molecule has 168 valence electrons. The Balaban J connectivity index is 1.34. The van der Waals surface area contributed by atoms with E-state index in [0.717, 1.165) is 11.3 Å². The Kier molecular flexibility index (Phi) is 7.04. The van der Waals surface area contributed by atoms with Gasteiger partial charge in [-0.3, -0.25) is 9.36 Å². The van der Waals surface area contributed by atoms with Gasteiger partial charge in [0.25, 0.3) is 0 Å². The molecule has 0 aliphatic carbocycles. The summed E-state index contributed by atoms with van der Waals surface area (Å²) in [4.78, 5) is 12.5. The molecule has 0 saturated heterocycles. The van der Waals surface area contributed by atoms with Gasteiger partial charge < -0.3 is 10.1 Å². The lowest BCUT2D eigenvalue weighted by Crippen LogP contribution is -2.14. The minimum atomic E-state index is -0.348. The van der Waals surface area contributed by atoms with Crippen molar-refractivity contribution in [2.45, 2.75) is 25.6 Å². The van der Waals surface area contributed by atoms with Crippen LogP contribution in [-0.4, -0.2) is 26.4 Å². The van der Waals surface area contributed by atoms with Gasteiger partial charge in [-0.1, -0.05) is 36.0 Å². The highest BCUT2D eigenvalue weighted by Crippen LogP contribution is 2.22. The molecule has 0 bridgehead atoms. The lowest BCUT2D eigenvalue weighted by atomic mass is 10.1. The minimum Gasteiger partial charge on any atom is -0.489 e. The number of hydrogen-bond donors (Lipinski definition) is 1. The molecule has 4 aromatic rings. The van der Waals surface area contributed by atoms with Gasteiger partial charge in [0, 0.05) is 17.4 Å². The standard InChI is InChI=1S/C25H23FN4O2S/c1-17-9-10-22(11-18(17)2)30-16-27-29-25(30)33-15-24(31)28-21-7-3-5-19(12-21)14-32-23-8-4-6-20(26)13-23/h3-13,16H,14-15H2,1-2H3,(H,28,31). The Labute approximate surface area is 195 Å². The molecule has 8 heteroatoms. The number of anilines is 1. The molecule has 6 nitrogen and oxygen atoms in total. The van der Waals surface area contributed by atoms with E-state index in [0.29, 0.717) is 16.6 Å². The zero-order valence-corrected chi connectivity index (χ0v) is 19.1. The van der Waals surface area contributed by atoms with Gasteiger partial charge in [-0.25, -0.2) is 4.39 Å². The van der Waals surface area contributed by atoms with Crippen LogP contribution in [0.2, 0.25) is 0 Å². The molecule has 1 aromatic heterocycles. The van der Waals surface area contributed by atoms with Gasteiger partial charge in [-0.2, -0.15) is 0 Å². The van der Waals surface area contributed by atoms with Crippen molar-refractivity contribution >= 4 is 23.4 Å². The van der Waals surface area contributed by atoms with Crippen molar-refractivity contribution < 1.29 is 13.9 Å². The smallest absolute Gasteiger partial charge is 0.234 e. The molecule has 0 spiro atoms. The summed E-state index contributed by atoms with van der Waals surface area (Å²) in [5.74, 6) is 0.138. The summed E-state index contributed by atoms with van der Waals surface area (Å²) in [6, 6.07) is 19.5. The van der Waals surface area contributed by atoms with Gasteiger partial charge in [0.2, 0.25) is 5.91 Å². The maximum absolute atomic E-state index is 13.3. The quantitative estimate of drug-likeness (QED) is 0.358. The zero-order valence-electron chi connectivity index (χ0n) is 18.3. The third-order valence-corrected chi connectivity index (χ3v) is 5.97. The van der Waals surface area contributed by atoms with E-state index in [2.05, 4.69) is 41.5 Å². The molecule has 0 atom stereocenters. The normalized spacial score (nSPS) is 10.8. The van der Waals surface area contributed by atoms with E-state index < -0.39 is 0 Å². The fourth-order valence-corrected chi connectivity index (χ4v) is 3.89. The molecule has 0 unspecified atom stereocenters. The number of nitrogens with one attached hydrogen (secondary N) is 1. The molecule has 1 heterocycles. The number of benzene rings is 3. The van der Waals surface area contributed by atoms with Gasteiger partial charge in [-0.05, 0) is 66.9 Å². The second kappa shape index (κ2) is 10.3. The van der Waals surface area contributed by atoms with Crippen molar-refractivity contribution in [3.05, 3.63) is 95.6 Å². The monoisotopic (exact) mass is 462 g/mol. The maximum atomic E-state index is 13.3. The largest absolute Gasteiger partial charge is 0.489 e. The first kappa shape index (κ1) is 22.5. The van der Waals surface area contributed by atoms with Crippen molar-refractivity contribution in [3.63, 3.8) is 0 Å². The van der Waals surface area contributed by atoms with Gasteiger partial charge in [0.05, 0.1) is 5.75 Å². The summed E-state index contributed by atoms with van der Waals surface area (Å²) in [6.07, 6.45) is 1.65. The number of hydrogen-bond acceptors (Lipinski definition) is 5. The molecule has 0 radical (unpaired) electrons. The number of halogens is 1. The molecule has 33 heavy (non-hydrogen) atoms. The van der Waals surface area contributed by atoms with Crippen LogP contribution in [0, 0.1) is 19.7 Å². The first-order valence-corrected chi connectivity index (χ1v) is 11.3. The number of aromatic nitrogens is 3. The van der Waals surface area contributed by atoms with Crippen LogP contribution in [0.3, 0.4) is 0 Å². The zero-order chi connectivity index (χ0) is 23.2. The van der Waals surface area contributed by atoms with E-state index in [1.54, 1.807) is 18.5 Å². The second-order valence-electron chi connectivity index (χ2n) is 7.54. The topological polar surface area (TPSA) is 69.0 Å². The fourth-order valence-electron chi connectivity index (χ4n) is 3.16. The third kappa shape index (κ3) is 5.98. The molecule has 0 saturated carbocycles. The molecule has 3 aromatic carbocycles. The predicted octanol–water partition coefficient (Wildman–Crippen LogP) is 5.33. The van der Waals surface area contributed by atoms with Crippen LogP contribution in [0.4, 0.5) is 10.1 Å².